The van der Waals surface area contributed by atoms with Gasteiger partial charge in [-0.3, -0.25) is 9.36 Å². The lowest BCUT2D eigenvalue weighted by Gasteiger charge is -2.10. The highest BCUT2D eigenvalue weighted by atomic mass is 79.9. The minimum absolute atomic E-state index is 0.0572. The van der Waals surface area contributed by atoms with Crippen molar-refractivity contribution in [1.82, 2.24) is 9.55 Å². The molecule has 21 heavy (non-hydrogen) atoms. The van der Waals surface area contributed by atoms with Crippen LogP contribution in [0.4, 0.5) is 0 Å². The van der Waals surface area contributed by atoms with Gasteiger partial charge in [0.2, 0.25) is 0 Å². The summed E-state index contributed by atoms with van der Waals surface area (Å²) in [6, 6.07) is 7.74. The molecule has 2 heterocycles. The number of halogens is 1. The van der Waals surface area contributed by atoms with E-state index in [9.17, 15) is 4.79 Å². The van der Waals surface area contributed by atoms with Crippen molar-refractivity contribution in [2.75, 3.05) is 0 Å². The summed E-state index contributed by atoms with van der Waals surface area (Å²) in [6.45, 7) is 0. The van der Waals surface area contributed by atoms with Crippen molar-refractivity contribution >= 4 is 37.5 Å². The third-order valence-corrected chi connectivity index (χ3v) is 5.71. The van der Waals surface area contributed by atoms with Crippen molar-refractivity contribution in [2.24, 2.45) is 0 Å². The lowest BCUT2D eigenvalue weighted by atomic mass is 9.97. The van der Waals surface area contributed by atoms with E-state index in [1.807, 2.05) is 24.3 Å². The Bertz CT molecular complexity index is 880. The maximum atomic E-state index is 12.9. The molecule has 0 fully saturated rings. The van der Waals surface area contributed by atoms with Gasteiger partial charge in [-0.2, -0.15) is 0 Å². The third-order valence-electron chi connectivity index (χ3n) is 3.98. The average molecular weight is 361 g/mol. The number of hydrogen-bond donors (Lipinski definition) is 0. The Hall–Kier alpha value is -1.46. The molecule has 106 valence electrons. The van der Waals surface area contributed by atoms with E-state index < -0.39 is 0 Å². The Balaban J connectivity index is 1.97. The van der Waals surface area contributed by atoms with Gasteiger partial charge >= 0.3 is 0 Å². The molecule has 5 heteroatoms. The van der Waals surface area contributed by atoms with Crippen LogP contribution in [0.1, 0.15) is 23.3 Å². The quantitative estimate of drug-likeness (QED) is 0.654. The van der Waals surface area contributed by atoms with Gasteiger partial charge in [0.05, 0.1) is 11.1 Å². The van der Waals surface area contributed by atoms with E-state index in [-0.39, 0.29) is 5.56 Å². The molecule has 1 aromatic carbocycles. The summed E-state index contributed by atoms with van der Waals surface area (Å²) in [5.74, 6) is 0. The molecule has 0 atom stereocenters. The second-order valence-corrected chi connectivity index (χ2v) is 7.29. The molecule has 3 aromatic rings. The van der Waals surface area contributed by atoms with Crippen LogP contribution in [0.15, 0.2) is 39.9 Å². The largest absolute Gasteiger partial charge is 0.268 e. The zero-order valence-electron chi connectivity index (χ0n) is 11.3. The topological polar surface area (TPSA) is 34.9 Å². The molecule has 0 radical (unpaired) electrons. The third kappa shape index (κ3) is 2.15. The average Bonchev–Trinajstić information content (AvgIpc) is 2.88. The Morgan fingerprint density at radius 3 is 2.71 bits per heavy atom. The minimum Gasteiger partial charge on any atom is -0.268 e. The van der Waals surface area contributed by atoms with E-state index in [0.29, 0.717) is 0 Å². The monoisotopic (exact) mass is 360 g/mol. The summed E-state index contributed by atoms with van der Waals surface area (Å²) in [7, 11) is 0. The van der Waals surface area contributed by atoms with Gasteiger partial charge in [-0.15, -0.1) is 11.3 Å². The number of aryl methyl sites for hydroxylation is 2. The Morgan fingerprint density at radius 2 is 1.90 bits per heavy atom. The molecule has 0 saturated carbocycles. The van der Waals surface area contributed by atoms with Crippen molar-refractivity contribution in [3.63, 3.8) is 0 Å². The van der Waals surface area contributed by atoms with E-state index in [0.717, 1.165) is 33.2 Å². The summed E-state index contributed by atoms with van der Waals surface area (Å²) in [5, 5.41) is 0.833. The van der Waals surface area contributed by atoms with Crippen molar-refractivity contribution in [1.29, 1.82) is 0 Å². The predicted molar refractivity (Wildman–Crippen MR) is 89.6 cm³/mol. The molecule has 0 N–H and O–H groups in total. The van der Waals surface area contributed by atoms with Crippen molar-refractivity contribution in [2.45, 2.75) is 25.7 Å². The maximum absolute atomic E-state index is 12.9. The molecule has 0 amide bonds. The Kier molecular flexibility index (Phi) is 3.19. The fourth-order valence-corrected chi connectivity index (χ4v) is 4.42. The first kappa shape index (κ1) is 13.2. The van der Waals surface area contributed by atoms with Crippen LogP contribution in [0.25, 0.3) is 15.9 Å². The summed E-state index contributed by atoms with van der Waals surface area (Å²) in [4.78, 5) is 19.6. The molecule has 4 rings (SSSR count). The minimum atomic E-state index is 0.0572. The van der Waals surface area contributed by atoms with Crippen LogP contribution in [-0.4, -0.2) is 9.55 Å². The molecule has 0 saturated heterocycles. The second kappa shape index (κ2) is 5.07. The number of benzene rings is 1. The molecule has 2 aromatic heterocycles. The van der Waals surface area contributed by atoms with Gasteiger partial charge in [-0.1, -0.05) is 15.9 Å². The summed E-state index contributed by atoms with van der Waals surface area (Å²) in [6.07, 6.45) is 6.15. The predicted octanol–water partition coefficient (Wildman–Crippen LogP) is 4.09. The zero-order valence-corrected chi connectivity index (χ0v) is 13.7. The number of thiophene rings is 1. The fraction of sp³-hybridized carbons (Fsp3) is 0.250. The number of nitrogens with zero attached hydrogens (tertiary/aromatic N) is 2. The Morgan fingerprint density at radius 1 is 1.14 bits per heavy atom. The molecule has 3 nitrogen and oxygen atoms in total. The van der Waals surface area contributed by atoms with Gasteiger partial charge in [0, 0.05) is 9.35 Å². The Labute approximate surface area is 134 Å². The van der Waals surface area contributed by atoms with Gasteiger partial charge in [-0.25, -0.2) is 4.98 Å². The first-order valence-electron chi connectivity index (χ1n) is 7.02. The van der Waals surface area contributed by atoms with Gasteiger partial charge in [0.15, 0.2) is 0 Å². The lowest BCUT2D eigenvalue weighted by Crippen LogP contribution is -2.19. The second-order valence-electron chi connectivity index (χ2n) is 5.29. The van der Waals surface area contributed by atoms with Crippen LogP contribution in [0.5, 0.6) is 0 Å². The number of rotatable bonds is 1. The van der Waals surface area contributed by atoms with Gasteiger partial charge < -0.3 is 0 Å². The van der Waals surface area contributed by atoms with Crippen LogP contribution in [-0.2, 0) is 12.8 Å². The molecule has 1 aliphatic carbocycles. The van der Waals surface area contributed by atoms with Crippen LogP contribution in [0.3, 0.4) is 0 Å². The fourth-order valence-electron chi connectivity index (χ4n) is 2.93. The zero-order chi connectivity index (χ0) is 14.4. The lowest BCUT2D eigenvalue weighted by molar-refractivity contribution is 0.699. The molecule has 0 spiro atoms. The van der Waals surface area contributed by atoms with Gasteiger partial charge in [0.25, 0.3) is 5.56 Å². The van der Waals surface area contributed by atoms with E-state index in [4.69, 9.17) is 0 Å². The summed E-state index contributed by atoms with van der Waals surface area (Å²) in [5.41, 5.74) is 2.15. The number of fused-ring (bicyclic) bond motifs is 3. The van der Waals surface area contributed by atoms with Gasteiger partial charge in [0.1, 0.15) is 11.2 Å². The maximum Gasteiger partial charge on any atom is 0.266 e. The SMILES string of the molecule is O=c1c2c3c(sc2ncn1-c1ccc(Br)cc1)CCCC3. The first-order chi connectivity index (χ1) is 10.2. The van der Waals surface area contributed by atoms with Gasteiger partial charge in [-0.05, 0) is 55.5 Å². The summed E-state index contributed by atoms with van der Waals surface area (Å²) >= 11 is 5.11. The number of aromatic nitrogens is 2. The highest BCUT2D eigenvalue weighted by Gasteiger charge is 2.20. The highest BCUT2D eigenvalue weighted by Crippen LogP contribution is 2.33. The first-order valence-corrected chi connectivity index (χ1v) is 8.63. The van der Waals surface area contributed by atoms with Crippen LogP contribution < -0.4 is 5.56 Å². The van der Waals surface area contributed by atoms with E-state index >= 15 is 0 Å². The normalized spacial score (nSPS) is 14.3. The molecular formula is C16H13BrN2OS. The number of hydrogen-bond acceptors (Lipinski definition) is 3. The van der Waals surface area contributed by atoms with Crippen LogP contribution in [0, 0.1) is 0 Å². The molecule has 1 aliphatic rings. The highest BCUT2D eigenvalue weighted by molar-refractivity contribution is 9.10. The van der Waals surface area contributed by atoms with Crippen LogP contribution in [0.2, 0.25) is 0 Å². The van der Waals surface area contributed by atoms with E-state index in [1.165, 1.54) is 23.3 Å². The molecule has 0 unspecified atom stereocenters. The van der Waals surface area contributed by atoms with E-state index in [1.54, 1.807) is 22.2 Å². The summed E-state index contributed by atoms with van der Waals surface area (Å²) < 4.78 is 2.65. The van der Waals surface area contributed by atoms with Crippen molar-refractivity contribution in [3.05, 3.63) is 55.9 Å². The smallest absolute Gasteiger partial charge is 0.266 e. The van der Waals surface area contributed by atoms with Crippen LogP contribution >= 0.6 is 27.3 Å². The molecule has 0 aliphatic heterocycles. The molecule has 0 bridgehead atoms. The standard InChI is InChI=1S/C16H13BrN2OS/c17-10-5-7-11(8-6-10)19-9-18-15-14(16(19)20)12-3-1-2-4-13(12)21-15/h5-9H,1-4H2. The van der Waals surface area contributed by atoms with Crippen molar-refractivity contribution in [3.8, 4) is 5.69 Å². The molecular weight excluding hydrogens is 348 g/mol. The van der Waals surface area contributed by atoms with E-state index in [2.05, 4.69) is 20.9 Å². The van der Waals surface area contributed by atoms with Crippen molar-refractivity contribution < 1.29 is 0 Å².